The first-order valence-corrected chi connectivity index (χ1v) is 14.8. The third-order valence-corrected chi connectivity index (χ3v) is 8.95. The molecule has 3 fully saturated rings. The second kappa shape index (κ2) is 11.0. The SMILES string of the molecule is O=C(NS(=O)(=O)c1ccc(OC2CCCCC2)cc1F)c1cc(C2CC2)c(OCC2CCCC2)cc1F. The minimum absolute atomic E-state index is 0.0240. The van der Waals surface area contributed by atoms with Crippen LogP contribution in [0.4, 0.5) is 8.78 Å². The van der Waals surface area contributed by atoms with Gasteiger partial charge in [-0.15, -0.1) is 0 Å². The molecule has 1 amide bonds. The molecule has 2 aromatic rings. The van der Waals surface area contributed by atoms with Gasteiger partial charge in [0.15, 0.2) is 0 Å². The fourth-order valence-corrected chi connectivity index (χ4v) is 6.38. The molecule has 2 aromatic carbocycles. The lowest BCUT2D eigenvalue weighted by Gasteiger charge is -2.23. The lowest BCUT2D eigenvalue weighted by atomic mass is 9.98. The highest BCUT2D eigenvalue weighted by Crippen LogP contribution is 2.45. The minimum Gasteiger partial charge on any atom is -0.493 e. The first-order valence-electron chi connectivity index (χ1n) is 13.3. The monoisotopic (exact) mass is 533 g/mol. The Morgan fingerprint density at radius 2 is 1.59 bits per heavy atom. The van der Waals surface area contributed by atoms with E-state index in [9.17, 15) is 22.0 Å². The van der Waals surface area contributed by atoms with Crippen LogP contribution in [-0.4, -0.2) is 27.0 Å². The summed E-state index contributed by atoms with van der Waals surface area (Å²) >= 11 is 0. The summed E-state index contributed by atoms with van der Waals surface area (Å²) in [6, 6.07) is 5.99. The van der Waals surface area contributed by atoms with E-state index >= 15 is 0 Å². The fourth-order valence-electron chi connectivity index (χ4n) is 5.35. The van der Waals surface area contributed by atoms with E-state index < -0.39 is 38.0 Å². The summed E-state index contributed by atoms with van der Waals surface area (Å²) in [6.45, 7) is 0.499. The van der Waals surface area contributed by atoms with E-state index in [2.05, 4.69) is 0 Å². The Morgan fingerprint density at radius 1 is 0.892 bits per heavy atom. The summed E-state index contributed by atoms with van der Waals surface area (Å²) in [4.78, 5) is 12.2. The normalized spacial score (nSPS) is 19.1. The van der Waals surface area contributed by atoms with Crippen LogP contribution in [0.5, 0.6) is 11.5 Å². The summed E-state index contributed by atoms with van der Waals surface area (Å²) < 4.78 is 69.0. The summed E-state index contributed by atoms with van der Waals surface area (Å²) in [5, 5.41) is 0. The van der Waals surface area contributed by atoms with Crippen LogP contribution in [0.15, 0.2) is 35.2 Å². The first kappa shape index (κ1) is 25.9. The lowest BCUT2D eigenvalue weighted by molar-refractivity contribution is 0.0977. The van der Waals surface area contributed by atoms with Gasteiger partial charge in [-0.1, -0.05) is 19.3 Å². The first-order chi connectivity index (χ1) is 17.8. The molecule has 3 aliphatic rings. The van der Waals surface area contributed by atoms with Gasteiger partial charge in [0.05, 0.1) is 18.3 Å². The molecule has 200 valence electrons. The molecule has 5 rings (SSSR count). The number of ether oxygens (including phenoxy) is 2. The Bertz CT molecular complexity index is 1250. The molecule has 3 saturated carbocycles. The van der Waals surface area contributed by atoms with E-state index in [4.69, 9.17) is 9.47 Å². The quantitative estimate of drug-likeness (QED) is 0.413. The number of halogens is 2. The van der Waals surface area contributed by atoms with Crippen molar-refractivity contribution in [2.24, 2.45) is 5.92 Å². The van der Waals surface area contributed by atoms with Crippen LogP contribution < -0.4 is 14.2 Å². The topological polar surface area (TPSA) is 81.7 Å². The summed E-state index contributed by atoms with van der Waals surface area (Å²) in [7, 11) is -4.58. The zero-order valence-corrected chi connectivity index (χ0v) is 21.6. The Balaban J connectivity index is 1.30. The van der Waals surface area contributed by atoms with Gasteiger partial charge in [-0.05, 0) is 87.0 Å². The third-order valence-electron chi connectivity index (χ3n) is 7.59. The van der Waals surface area contributed by atoms with Crippen molar-refractivity contribution in [3.63, 3.8) is 0 Å². The number of rotatable bonds is 9. The zero-order valence-electron chi connectivity index (χ0n) is 20.8. The summed E-state index contributed by atoms with van der Waals surface area (Å²) in [5.41, 5.74) is 0.300. The maximum atomic E-state index is 15.0. The van der Waals surface area contributed by atoms with Gasteiger partial charge >= 0.3 is 0 Å². The number of hydrogen-bond acceptors (Lipinski definition) is 5. The Morgan fingerprint density at radius 3 is 2.27 bits per heavy atom. The predicted molar refractivity (Wildman–Crippen MR) is 134 cm³/mol. The van der Waals surface area contributed by atoms with Crippen LogP contribution in [0.2, 0.25) is 0 Å². The molecular weight excluding hydrogens is 500 g/mol. The van der Waals surface area contributed by atoms with Gasteiger partial charge in [-0.2, -0.15) is 0 Å². The standard InChI is InChI=1S/C28H33F2NO5S/c29-24-16-26(35-17-18-6-4-5-7-18)22(19-10-11-19)15-23(24)28(32)31-37(33,34)27-13-12-21(14-25(27)30)36-20-8-2-1-3-9-20/h12-16,18-20H,1-11,17H2,(H,31,32). The number of sulfonamides is 1. The van der Waals surface area contributed by atoms with Gasteiger partial charge in [-0.25, -0.2) is 21.9 Å². The molecule has 0 aliphatic heterocycles. The van der Waals surface area contributed by atoms with Crippen molar-refractivity contribution in [1.82, 2.24) is 4.72 Å². The number of carbonyl (C=O) groups is 1. The Kier molecular flexibility index (Phi) is 7.70. The Labute approximate surface area is 216 Å². The van der Waals surface area contributed by atoms with Gasteiger partial charge < -0.3 is 9.47 Å². The van der Waals surface area contributed by atoms with E-state index in [0.717, 1.165) is 69.9 Å². The molecule has 1 N–H and O–H groups in total. The highest BCUT2D eigenvalue weighted by atomic mass is 32.2. The summed E-state index contributed by atoms with van der Waals surface area (Å²) in [5.74, 6) is -1.83. The van der Waals surface area contributed by atoms with Crippen LogP contribution in [0.25, 0.3) is 0 Å². The van der Waals surface area contributed by atoms with Crippen molar-refractivity contribution < 1.29 is 31.5 Å². The number of nitrogens with one attached hydrogen (secondary N) is 1. The molecule has 0 spiro atoms. The highest BCUT2D eigenvalue weighted by Gasteiger charge is 2.31. The van der Waals surface area contributed by atoms with Gasteiger partial charge in [0, 0.05) is 12.1 Å². The van der Waals surface area contributed by atoms with E-state index in [1.165, 1.54) is 31.0 Å². The van der Waals surface area contributed by atoms with Crippen LogP contribution in [-0.2, 0) is 10.0 Å². The van der Waals surface area contributed by atoms with Gasteiger partial charge in [0.25, 0.3) is 15.9 Å². The molecule has 6 nitrogen and oxygen atoms in total. The highest BCUT2D eigenvalue weighted by molar-refractivity contribution is 7.90. The maximum Gasteiger partial charge on any atom is 0.267 e. The number of carbonyl (C=O) groups excluding carboxylic acids is 1. The van der Waals surface area contributed by atoms with Crippen LogP contribution >= 0.6 is 0 Å². The maximum absolute atomic E-state index is 15.0. The molecule has 0 atom stereocenters. The molecule has 0 aromatic heterocycles. The van der Waals surface area contributed by atoms with Crippen molar-refractivity contribution in [2.75, 3.05) is 6.61 Å². The molecular formula is C28H33F2NO5S. The van der Waals surface area contributed by atoms with Crippen molar-refractivity contribution in [2.45, 2.75) is 87.5 Å². The van der Waals surface area contributed by atoms with Crippen LogP contribution in [0.1, 0.15) is 92.5 Å². The predicted octanol–water partition coefficient (Wildman–Crippen LogP) is 6.24. The Hall–Kier alpha value is -2.68. The summed E-state index contributed by atoms with van der Waals surface area (Å²) in [6.07, 6.45) is 11.2. The zero-order chi connectivity index (χ0) is 26.0. The van der Waals surface area contributed by atoms with Gasteiger partial charge in [-0.3, -0.25) is 4.79 Å². The molecule has 0 saturated heterocycles. The molecule has 0 radical (unpaired) electrons. The van der Waals surface area contributed by atoms with Gasteiger partial charge in [0.2, 0.25) is 0 Å². The molecule has 0 bridgehead atoms. The van der Waals surface area contributed by atoms with Crippen molar-refractivity contribution in [3.05, 3.63) is 53.1 Å². The van der Waals surface area contributed by atoms with Crippen LogP contribution in [0, 0.1) is 17.6 Å². The van der Waals surface area contributed by atoms with E-state index in [1.807, 2.05) is 4.72 Å². The largest absolute Gasteiger partial charge is 0.493 e. The average molecular weight is 534 g/mol. The number of benzene rings is 2. The third kappa shape index (κ3) is 6.25. The fraction of sp³-hybridized carbons (Fsp3) is 0.536. The van der Waals surface area contributed by atoms with Crippen molar-refractivity contribution in [3.8, 4) is 11.5 Å². The minimum atomic E-state index is -4.58. The van der Waals surface area contributed by atoms with Gasteiger partial charge in [0.1, 0.15) is 28.0 Å². The van der Waals surface area contributed by atoms with Crippen molar-refractivity contribution in [1.29, 1.82) is 0 Å². The second-order valence-corrected chi connectivity index (χ2v) is 12.2. The number of hydrogen-bond donors (Lipinski definition) is 1. The second-order valence-electron chi connectivity index (χ2n) is 10.5. The lowest BCUT2D eigenvalue weighted by Crippen LogP contribution is -2.32. The van der Waals surface area contributed by atoms with E-state index in [0.29, 0.717) is 23.8 Å². The molecule has 37 heavy (non-hydrogen) atoms. The van der Waals surface area contributed by atoms with Crippen LogP contribution in [0.3, 0.4) is 0 Å². The van der Waals surface area contributed by atoms with E-state index in [-0.39, 0.29) is 17.8 Å². The van der Waals surface area contributed by atoms with Crippen molar-refractivity contribution >= 4 is 15.9 Å². The average Bonchev–Trinajstić information content (AvgIpc) is 3.57. The smallest absolute Gasteiger partial charge is 0.267 e. The molecule has 0 unspecified atom stereocenters. The molecule has 9 heteroatoms. The molecule has 0 heterocycles. The molecule has 3 aliphatic carbocycles. The van der Waals surface area contributed by atoms with E-state index in [1.54, 1.807) is 0 Å². The number of amides is 1.